The third-order valence-corrected chi connectivity index (χ3v) is 4.91. The Labute approximate surface area is 139 Å². The third-order valence-electron chi connectivity index (χ3n) is 3.45. The molecule has 0 unspecified atom stereocenters. The smallest absolute Gasteiger partial charge is 0.266 e. The monoisotopic (exact) mass is 351 g/mol. The predicted octanol–water partition coefficient (Wildman–Crippen LogP) is 0.383. The Kier molecular flexibility index (Phi) is 4.81. The highest BCUT2D eigenvalue weighted by Crippen LogP contribution is 2.32. The van der Waals surface area contributed by atoms with Crippen LogP contribution >= 0.6 is 0 Å². The minimum atomic E-state index is -3.65. The average Bonchev–Trinajstić information content (AvgIpc) is 2.59. The summed E-state index contributed by atoms with van der Waals surface area (Å²) in [6.07, 6.45) is 1.96. The lowest BCUT2D eigenvalue weighted by molar-refractivity contribution is 0.171. The second kappa shape index (κ2) is 7.02. The molecule has 0 saturated carbocycles. The first-order valence-corrected chi connectivity index (χ1v) is 8.96. The van der Waals surface area contributed by atoms with Crippen LogP contribution in [0.2, 0.25) is 0 Å². The van der Waals surface area contributed by atoms with Crippen molar-refractivity contribution < 1.29 is 17.9 Å². The molecule has 9 heteroatoms. The summed E-state index contributed by atoms with van der Waals surface area (Å²) in [6.45, 7) is 1.37. The zero-order chi connectivity index (χ0) is 17.0. The SMILES string of the molecule is O=c1cccnn1CCCNS(=O)(=O)c1ccc2c(c1)OCCO2. The molecule has 128 valence electrons. The fraction of sp³-hybridized carbons (Fsp3) is 0.333. The van der Waals surface area contributed by atoms with E-state index >= 15 is 0 Å². The van der Waals surface area contributed by atoms with Gasteiger partial charge in [0.05, 0.1) is 4.90 Å². The molecule has 1 aliphatic rings. The number of aromatic nitrogens is 2. The first-order chi connectivity index (χ1) is 11.6. The van der Waals surface area contributed by atoms with E-state index in [4.69, 9.17) is 9.47 Å². The zero-order valence-corrected chi connectivity index (χ0v) is 13.7. The van der Waals surface area contributed by atoms with Crippen molar-refractivity contribution in [3.63, 3.8) is 0 Å². The Balaban J connectivity index is 1.60. The van der Waals surface area contributed by atoms with Crippen molar-refractivity contribution >= 4 is 10.0 Å². The van der Waals surface area contributed by atoms with Gasteiger partial charge in [-0.25, -0.2) is 17.8 Å². The van der Waals surface area contributed by atoms with E-state index in [1.165, 1.54) is 29.1 Å². The number of benzene rings is 1. The standard InChI is InChI=1S/C15H17N3O5S/c19-15-3-1-6-16-18(15)8-2-7-17-24(20,21)12-4-5-13-14(11-12)23-10-9-22-13/h1,3-6,11,17H,2,7-10H2. The quantitative estimate of drug-likeness (QED) is 0.756. The van der Waals surface area contributed by atoms with Crippen molar-refractivity contribution in [3.8, 4) is 11.5 Å². The largest absolute Gasteiger partial charge is 0.486 e. The van der Waals surface area contributed by atoms with E-state index in [9.17, 15) is 13.2 Å². The summed E-state index contributed by atoms with van der Waals surface area (Å²) in [7, 11) is -3.65. The maximum atomic E-state index is 12.3. The molecule has 24 heavy (non-hydrogen) atoms. The summed E-state index contributed by atoms with van der Waals surface area (Å²) in [6, 6.07) is 7.46. The lowest BCUT2D eigenvalue weighted by Gasteiger charge is -2.18. The fourth-order valence-corrected chi connectivity index (χ4v) is 3.35. The molecule has 0 bridgehead atoms. The number of ether oxygens (including phenoxy) is 2. The molecule has 0 spiro atoms. The molecule has 1 aliphatic heterocycles. The summed E-state index contributed by atoms with van der Waals surface area (Å²) in [5, 5.41) is 3.92. The third kappa shape index (κ3) is 3.74. The average molecular weight is 351 g/mol. The van der Waals surface area contributed by atoms with E-state index in [2.05, 4.69) is 9.82 Å². The van der Waals surface area contributed by atoms with Gasteiger partial charge in [0.2, 0.25) is 10.0 Å². The molecule has 2 aromatic rings. The second-order valence-corrected chi connectivity index (χ2v) is 6.91. The number of fused-ring (bicyclic) bond motifs is 1. The van der Waals surface area contributed by atoms with Gasteiger partial charge < -0.3 is 9.47 Å². The Morgan fingerprint density at radius 2 is 1.96 bits per heavy atom. The van der Waals surface area contributed by atoms with Crippen LogP contribution in [0, 0.1) is 0 Å². The highest BCUT2D eigenvalue weighted by atomic mass is 32.2. The number of nitrogens with zero attached hydrogens (tertiary/aromatic N) is 2. The van der Waals surface area contributed by atoms with Crippen LogP contribution in [0.3, 0.4) is 0 Å². The van der Waals surface area contributed by atoms with E-state index in [-0.39, 0.29) is 17.0 Å². The maximum absolute atomic E-state index is 12.3. The lowest BCUT2D eigenvalue weighted by Crippen LogP contribution is -2.28. The fourth-order valence-electron chi connectivity index (χ4n) is 2.26. The first kappa shape index (κ1) is 16.5. The summed E-state index contributed by atoms with van der Waals surface area (Å²) in [4.78, 5) is 11.6. The highest BCUT2D eigenvalue weighted by molar-refractivity contribution is 7.89. The molecule has 1 aromatic heterocycles. The van der Waals surface area contributed by atoms with Crippen LogP contribution in [-0.4, -0.2) is 38.0 Å². The topological polar surface area (TPSA) is 99.5 Å². The van der Waals surface area contributed by atoms with Crippen molar-refractivity contribution in [2.24, 2.45) is 0 Å². The Hall–Kier alpha value is -2.39. The second-order valence-electron chi connectivity index (χ2n) is 5.14. The lowest BCUT2D eigenvalue weighted by atomic mass is 10.3. The van der Waals surface area contributed by atoms with Crippen molar-refractivity contribution in [2.45, 2.75) is 17.9 Å². The zero-order valence-electron chi connectivity index (χ0n) is 12.8. The molecule has 1 aromatic carbocycles. The number of sulfonamides is 1. The van der Waals surface area contributed by atoms with Crippen LogP contribution in [0.15, 0.2) is 46.2 Å². The molecule has 0 atom stereocenters. The molecule has 0 fully saturated rings. The maximum Gasteiger partial charge on any atom is 0.266 e. The number of nitrogens with one attached hydrogen (secondary N) is 1. The number of aryl methyl sites for hydroxylation is 1. The molecule has 8 nitrogen and oxygen atoms in total. The van der Waals surface area contributed by atoms with E-state index in [1.807, 2.05) is 0 Å². The van der Waals surface area contributed by atoms with Gasteiger partial charge in [-0.1, -0.05) is 0 Å². The molecule has 1 N–H and O–H groups in total. The van der Waals surface area contributed by atoms with Gasteiger partial charge in [0.15, 0.2) is 11.5 Å². The number of hydrogen-bond acceptors (Lipinski definition) is 6. The molecule has 0 amide bonds. The van der Waals surface area contributed by atoms with Crippen LogP contribution < -0.4 is 19.8 Å². The van der Waals surface area contributed by atoms with Crippen molar-refractivity contribution in [3.05, 3.63) is 46.9 Å². The van der Waals surface area contributed by atoms with Crippen molar-refractivity contribution in [1.29, 1.82) is 0 Å². The number of hydrogen-bond donors (Lipinski definition) is 1. The summed E-state index contributed by atoms with van der Waals surface area (Å²) in [5.41, 5.74) is -0.216. The van der Waals surface area contributed by atoms with E-state index in [1.54, 1.807) is 12.1 Å². The van der Waals surface area contributed by atoms with Crippen molar-refractivity contribution in [1.82, 2.24) is 14.5 Å². The van der Waals surface area contributed by atoms with Gasteiger partial charge in [-0.05, 0) is 24.6 Å². The minimum Gasteiger partial charge on any atom is -0.486 e. The van der Waals surface area contributed by atoms with Crippen LogP contribution in [0.25, 0.3) is 0 Å². The summed E-state index contributed by atoms with van der Waals surface area (Å²) < 4.78 is 39.2. The van der Waals surface area contributed by atoms with Crippen LogP contribution in [-0.2, 0) is 16.6 Å². The van der Waals surface area contributed by atoms with Crippen LogP contribution in [0.4, 0.5) is 0 Å². The molecule has 3 rings (SSSR count). The molecule has 2 heterocycles. The summed E-state index contributed by atoms with van der Waals surface area (Å²) in [5.74, 6) is 0.957. The summed E-state index contributed by atoms with van der Waals surface area (Å²) >= 11 is 0. The van der Waals surface area contributed by atoms with Crippen LogP contribution in [0.5, 0.6) is 11.5 Å². The Morgan fingerprint density at radius 1 is 1.17 bits per heavy atom. The van der Waals surface area contributed by atoms with Gasteiger partial charge in [-0.15, -0.1) is 0 Å². The molecule has 0 radical (unpaired) electrons. The van der Waals surface area contributed by atoms with Crippen LogP contribution in [0.1, 0.15) is 6.42 Å². The molecular formula is C15H17N3O5S. The molecular weight excluding hydrogens is 334 g/mol. The number of rotatable bonds is 6. The van der Waals surface area contributed by atoms with E-state index < -0.39 is 10.0 Å². The van der Waals surface area contributed by atoms with E-state index in [0.29, 0.717) is 37.7 Å². The Bertz CT molecular complexity index is 879. The molecule has 0 aliphatic carbocycles. The minimum absolute atomic E-state index is 0.113. The van der Waals surface area contributed by atoms with Gasteiger partial charge >= 0.3 is 0 Å². The van der Waals surface area contributed by atoms with Gasteiger partial charge in [-0.2, -0.15) is 5.10 Å². The van der Waals surface area contributed by atoms with Gasteiger partial charge in [-0.3, -0.25) is 4.79 Å². The van der Waals surface area contributed by atoms with Gasteiger partial charge in [0.25, 0.3) is 5.56 Å². The van der Waals surface area contributed by atoms with Crippen molar-refractivity contribution in [2.75, 3.05) is 19.8 Å². The highest BCUT2D eigenvalue weighted by Gasteiger charge is 2.18. The predicted molar refractivity (Wildman–Crippen MR) is 85.7 cm³/mol. The van der Waals surface area contributed by atoms with E-state index in [0.717, 1.165) is 0 Å². The van der Waals surface area contributed by atoms with Gasteiger partial charge in [0, 0.05) is 31.4 Å². The first-order valence-electron chi connectivity index (χ1n) is 7.48. The normalized spacial score (nSPS) is 13.7. The Morgan fingerprint density at radius 3 is 2.75 bits per heavy atom. The molecule has 0 saturated heterocycles. The van der Waals surface area contributed by atoms with Gasteiger partial charge in [0.1, 0.15) is 13.2 Å².